The summed E-state index contributed by atoms with van der Waals surface area (Å²) in [6, 6.07) is 0. The van der Waals surface area contributed by atoms with E-state index in [0.29, 0.717) is 5.69 Å². The van der Waals surface area contributed by atoms with Crippen molar-refractivity contribution < 1.29 is 9.90 Å². The maximum Gasteiger partial charge on any atom is 0.309 e. The standard InChI is InChI=1S/C12H18N2O2S/c15-11(16)8-10-9-17-12(13-10)14-6-4-2-1-3-5-7-14/h9H,1-8H2,(H,15,16). The van der Waals surface area contributed by atoms with Gasteiger partial charge in [0.15, 0.2) is 5.13 Å². The number of carboxylic acid groups (broad SMARTS) is 1. The van der Waals surface area contributed by atoms with Crippen LogP contribution >= 0.6 is 11.3 Å². The van der Waals surface area contributed by atoms with Gasteiger partial charge in [-0.05, 0) is 12.8 Å². The van der Waals surface area contributed by atoms with Crippen molar-refractivity contribution in [1.29, 1.82) is 0 Å². The van der Waals surface area contributed by atoms with Crippen LogP contribution in [-0.2, 0) is 11.2 Å². The average Bonchev–Trinajstić information content (AvgIpc) is 2.64. The van der Waals surface area contributed by atoms with Crippen LogP contribution in [0, 0.1) is 0 Å². The molecule has 0 aliphatic carbocycles. The maximum absolute atomic E-state index is 10.6. The average molecular weight is 254 g/mol. The highest BCUT2D eigenvalue weighted by molar-refractivity contribution is 7.13. The summed E-state index contributed by atoms with van der Waals surface area (Å²) in [5, 5.41) is 11.6. The van der Waals surface area contributed by atoms with E-state index < -0.39 is 5.97 Å². The van der Waals surface area contributed by atoms with Crippen LogP contribution < -0.4 is 4.90 Å². The summed E-state index contributed by atoms with van der Waals surface area (Å²) in [6.45, 7) is 2.11. The van der Waals surface area contributed by atoms with Gasteiger partial charge in [-0.2, -0.15) is 0 Å². The quantitative estimate of drug-likeness (QED) is 0.900. The molecule has 0 saturated carbocycles. The Morgan fingerprint density at radius 3 is 2.59 bits per heavy atom. The Kier molecular flexibility index (Phi) is 4.36. The molecule has 94 valence electrons. The first-order chi connectivity index (χ1) is 8.25. The lowest BCUT2D eigenvalue weighted by molar-refractivity contribution is -0.136. The third-order valence-electron chi connectivity index (χ3n) is 3.00. The molecule has 1 aromatic rings. The number of nitrogens with zero attached hydrogens (tertiary/aromatic N) is 2. The molecule has 2 rings (SSSR count). The molecule has 0 amide bonds. The molecule has 0 unspecified atom stereocenters. The van der Waals surface area contributed by atoms with Gasteiger partial charge in [-0.25, -0.2) is 4.98 Å². The summed E-state index contributed by atoms with van der Waals surface area (Å²) < 4.78 is 0. The molecule has 17 heavy (non-hydrogen) atoms. The van der Waals surface area contributed by atoms with Crippen LogP contribution in [0.5, 0.6) is 0 Å². The molecule has 1 aromatic heterocycles. The van der Waals surface area contributed by atoms with Gasteiger partial charge in [0.25, 0.3) is 0 Å². The van der Waals surface area contributed by atoms with Gasteiger partial charge in [-0.1, -0.05) is 19.3 Å². The molecule has 4 nitrogen and oxygen atoms in total. The molecule has 0 atom stereocenters. The minimum absolute atomic E-state index is 0.0321. The van der Waals surface area contributed by atoms with E-state index in [1.165, 1.54) is 32.1 Å². The van der Waals surface area contributed by atoms with E-state index in [1.54, 1.807) is 11.3 Å². The van der Waals surface area contributed by atoms with Crippen molar-refractivity contribution in [3.05, 3.63) is 11.1 Å². The number of aromatic nitrogens is 1. The molecular formula is C12H18N2O2S. The monoisotopic (exact) mass is 254 g/mol. The predicted molar refractivity (Wildman–Crippen MR) is 68.8 cm³/mol. The highest BCUT2D eigenvalue weighted by atomic mass is 32.1. The second-order valence-corrected chi connectivity index (χ2v) is 5.28. The Balaban J connectivity index is 1.99. The predicted octanol–water partition coefficient (Wildman–Crippen LogP) is 2.54. The van der Waals surface area contributed by atoms with Crippen LogP contribution in [0.3, 0.4) is 0 Å². The Bertz CT molecular complexity index is 370. The van der Waals surface area contributed by atoms with Crippen molar-refractivity contribution in [1.82, 2.24) is 4.98 Å². The Morgan fingerprint density at radius 1 is 1.29 bits per heavy atom. The van der Waals surface area contributed by atoms with Crippen LogP contribution in [0.1, 0.15) is 37.8 Å². The maximum atomic E-state index is 10.6. The number of aliphatic carboxylic acids is 1. The second kappa shape index (κ2) is 6.00. The number of hydrogen-bond acceptors (Lipinski definition) is 4. The van der Waals surface area contributed by atoms with E-state index >= 15 is 0 Å². The molecule has 0 aromatic carbocycles. The molecule has 0 bridgehead atoms. The van der Waals surface area contributed by atoms with Crippen molar-refractivity contribution in [3.8, 4) is 0 Å². The fourth-order valence-corrected chi connectivity index (χ4v) is 3.00. The van der Waals surface area contributed by atoms with Crippen molar-refractivity contribution in [2.75, 3.05) is 18.0 Å². The van der Waals surface area contributed by atoms with E-state index in [0.717, 1.165) is 18.2 Å². The molecule has 0 radical (unpaired) electrons. The first kappa shape index (κ1) is 12.4. The molecular weight excluding hydrogens is 236 g/mol. The lowest BCUT2D eigenvalue weighted by atomic mass is 10.1. The van der Waals surface area contributed by atoms with Crippen LogP contribution in [-0.4, -0.2) is 29.1 Å². The van der Waals surface area contributed by atoms with Gasteiger partial charge >= 0.3 is 5.97 Å². The molecule has 2 heterocycles. The third kappa shape index (κ3) is 3.70. The molecule has 5 heteroatoms. The van der Waals surface area contributed by atoms with Gasteiger partial charge in [0.1, 0.15) is 0 Å². The van der Waals surface area contributed by atoms with E-state index in [2.05, 4.69) is 9.88 Å². The van der Waals surface area contributed by atoms with Gasteiger partial charge in [0, 0.05) is 18.5 Å². The largest absolute Gasteiger partial charge is 0.481 e. The second-order valence-electron chi connectivity index (χ2n) is 4.45. The van der Waals surface area contributed by atoms with Crippen molar-refractivity contribution >= 4 is 22.4 Å². The minimum atomic E-state index is -0.811. The minimum Gasteiger partial charge on any atom is -0.481 e. The zero-order valence-electron chi connectivity index (χ0n) is 9.89. The number of thiazole rings is 1. The summed E-state index contributed by atoms with van der Waals surface area (Å²) in [7, 11) is 0. The number of anilines is 1. The van der Waals surface area contributed by atoms with E-state index in [1.807, 2.05) is 5.38 Å². The summed E-state index contributed by atoms with van der Waals surface area (Å²) >= 11 is 1.57. The summed E-state index contributed by atoms with van der Waals surface area (Å²) in [6.07, 6.45) is 6.40. The van der Waals surface area contributed by atoms with E-state index in [-0.39, 0.29) is 6.42 Å². The molecule has 0 spiro atoms. The van der Waals surface area contributed by atoms with Crippen LogP contribution in [0.4, 0.5) is 5.13 Å². The van der Waals surface area contributed by atoms with Crippen LogP contribution in [0.25, 0.3) is 0 Å². The van der Waals surface area contributed by atoms with Gasteiger partial charge in [0.05, 0.1) is 12.1 Å². The lowest BCUT2D eigenvalue weighted by Crippen LogP contribution is -2.26. The normalized spacial score (nSPS) is 17.5. The van der Waals surface area contributed by atoms with Gasteiger partial charge < -0.3 is 10.0 Å². The van der Waals surface area contributed by atoms with E-state index in [9.17, 15) is 4.79 Å². The molecule has 1 aliphatic heterocycles. The molecule has 1 fully saturated rings. The SMILES string of the molecule is O=C(O)Cc1csc(N2CCCCCCC2)n1. The highest BCUT2D eigenvalue weighted by Gasteiger charge is 2.13. The summed E-state index contributed by atoms with van der Waals surface area (Å²) in [5.41, 5.74) is 0.680. The van der Waals surface area contributed by atoms with Gasteiger partial charge in [0.2, 0.25) is 0 Å². The zero-order chi connectivity index (χ0) is 12.1. The third-order valence-corrected chi connectivity index (χ3v) is 3.95. The fourth-order valence-electron chi connectivity index (χ4n) is 2.12. The van der Waals surface area contributed by atoms with Crippen molar-refractivity contribution in [2.24, 2.45) is 0 Å². The first-order valence-electron chi connectivity index (χ1n) is 6.17. The number of carboxylic acids is 1. The number of rotatable bonds is 3. The van der Waals surface area contributed by atoms with E-state index in [4.69, 9.17) is 5.11 Å². The zero-order valence-corrected chi connectivity index (χ0v) is 10.7. The van der Waals surface area contributed by atoms with Gasteiger partial charge in [-0.3, -0.25) is 4.79 Å². The highest BCUT2D eigenvalue weighted by Crippen LogP contribution is 2.23. The van der Waals surface area contributed by atoms with Crippen LogP contribution in [0.2, 0.25) is 0 Å². The summed E-state index contributed by atoms with van der Waals surface area (Å²) in [5.74, 6) is -0.811. The Morgan fingerprint density at radius 2 is 1.94 bits per heavy atom. The Hall–Kier alpha value is -1.10. The molecule has 1 saturated heterocycles. The Labute approximate surface area is 105 Å². The van der Waals surface area contributed by atoms with Crippen LogP contribution in [0.15, 0.2) is 5.38 Å². The first-order valence-corrected chi connectivity index (χ1v) is 7.05. The smallest absolute Gasteiger partial charge is 0.309 e. The number of carbonyl (C=O) groups is 1. The fraction of sp³-hybridized carbons (Fsp3) is 0.667. The van der Waals surface area contributed by atoms with Gasteiger partial charge in [-0.15, -0.1) is 11.3 Å². The summed E-state index contributed by atoms with van der Waals surface area (Å²) in [4.78, 5) is 17.3. The molecule has 1 N–H and O–H groups in total. The number of hydrogen-bond donors (Lipinski definition) is 1. The van der Waals surface area contributed by atoms with Crippen molar-refractivity contribution in [2.45, 2.75) is 38.5 Å². The molecule has 1 aliphatic rings. The topological polar surface area (TPSA) is 53.4 Å². The lowest BCUT2D eigenvalue weighted by Gasteiger charge is -2.23. The van der Waals surface area contributed by atoms with Crippen molar-refractivity contribution in [3.63, 3.8) is 0 Å².